The zero-order chi connectivity index (χ0) is 13.1. The summed E-state index contributed by atoms with van der Waals surface area (Å²) in [5, 5.41) is 0.201. The molecule has 2 N–H and O–H groups in total. The molecule has 2 unspecified atom stereocenters. The molecule has 18 heavy (non-hydrogen) atoms. The molecule has 1 aromatic carbocycles. The van der Waals surface area contributed by atoms with E-state index >= 15 is 0 Å². The Hall–Kier alpha value is -0.640. The summed E-state index contributed by atoms with van der Waals surface area (Å²) < 4.78 is 13.1. The van der Waals surface area contributed by atoms with Crippen molar-refractivity contribution in [2.75, 3.05) is 13.1 Å². The van der Waals surface area contributed by atoms with Gasteiger partial charge in [-0.15, -0.1) is 0 Å². The van der Waals surface area contributed by atoms with Crippen LogP contribution in [0.4, 0.5) is 4.39 Å². The maximum atomic E-state index is 13.1. The van der Waals surface area contributed by atoms with Gasteiger partial charge in [-0.3, -0.25) is 4.90 Å². The van der Waals surface area contributed by atoms with Gasteiger partial charge in [0, 0.05) is 19.1 Å². The number of nitrogens with two attached hydrogens (primary N) is 1. The van der Waals surface area contributed by atoms with E-state index in [4.69, 9.17) is 17.3 Å². The zero-order valence-corrected chi connectivity index (χ0v) is 11.5. The predicted octanol–water partition coefficient (Wildman–Crippen LogP) is 3.04. The quantitative estimate of drug-likeness (QED) is 0.915. The van der Waals surface area contributed by atoms with Crippen LogP contribution in [0.1, 0.15) is 25.3 Å². The van der Waals surface area contributed by atoms with Crippen LogP contribution >= 0.6 is 11.6 Å². The third-order valence-electron chi connectivity index (χ3n) is 3.81. The van der Waals surface area contributed by atoms with E-state index in [1.807, 2.05) is 0 Å². The van der Waals surface area contributed by atoms with Crippen molar-refractivity contribution in [1.82, 2.24) is 4.90 Å². The third kappa shape index (κ3) is 3.22. The van der Waals surface area contributed by atoms with Crippen molar-refractivity contribution in [1.29, 1.82) is 0 Å². The second-order valence-electron chi connectivity index (χ2n) is 5.21. The van der Waals surface area contributed by atoms with E-state index in [9.17, 15) is 4.39 Å². The summed E-state index contributed by atoms with van der Waals surface area (Å²) in [6.07, 6.45) is 2.38. The summed E-state index contributed by atoms with van der Waals surface area (Å²) in [4.78, 5) is 2.41. The lowest BCUT2D eigenvalue weighted by Crippen LogP contribution is -2.43. The Bertz CT molecular complexity index is 411. The summed E-state index contributed by atoms with van der Waals surface area (Å²) in [7, 11) is 0. The molecule has 1 saturated heterocycles. The second-order valence-corrected chi connectivity index (χ2v) is 5.61. The Morgan fingerprint density at radius 3 is 2.89 bits per heavy atom. The fourth-order valence-corrected chi connectivity index (χ4v) is 2.75. The highest BCUT2D eigenvalue weighted by atomic mass is 35.5. The largest absolute Gasteiger partial charge is 0.330 e. The van der Waals surface area contributed by atoms with E-state index in [2.05, 4.69) is 11.8 Å². The number of benzene rings is 1. The van der Waals surface area contributed by atoms with Crippen molar-refractivity contribution in [2.45, 2.75) is 32.4 Å². The van der Waals surface area contributed by atoms with Crippen molar-refractivity contribution in [3.63, 3.8) is 0 Å². The normalized spacial score (nSPS) is 25.3. The number of rotatable bonds is 3. The number of hydrogen-bond donors (Lipinski definition) is 1. The molecule has 2 rings (SSSR count). The van der Waals surface area contributed by atoms with Crippen LogP contribution in [0.5, 0.6) is 0 Å². The van der Waals surface area contributed by atoms with Crippen LogP contribution in [0, 0.1) is 11.7 Å². The molecule has 1 aliphatic heterocycles. The molecule has 1 heterocycles. The molecule has 2 atom stereocenters. The van der Waals surface area contributed by atoms with Crippen molar-refractivity contribution < 1.29 is 4.39 Å². The molecule has 0 aliphatic carbocycles. The minimum Gasteiger partial charge on any atom is -0.330 e. The lowest BCUT2D eigenvalue weighted by Gasteiger charge is -2.37. The van der Waals surface area contributed by atoms with Crippen LogP contribution in [0.3, 0.4) is 0 Å². The molecule has 2 nitrogen and oxygen atoms in total. The van der Waals surface area contributed by atoms with Crippen LogP contribution in [-0.2, 0) is 6.54 Å². The molecule has 0 spiro atoms. The molecule has 1 aromatic rings. The van der Waals surface area contributed by atoms with E-state index < -0.39 is 0 Å². The van der Waals surface area contributed by atoms with Crippen LogP contribution in [0.2, 0.25) is 5.02 Å². The van der Waals surface area contributed by atoms with Crippen molar-refractivity contribution >= 4 is 11.6 Å². The van der Waals surface area contributed by atoms with Gasteiger partial charge in [-0.2, -0.15) is 0 Å². The zero-order valence-electron chi connectivity index (χ0n) is 10.7. The van der Waals surface area contributed by atoms with Crippen LogP contribution in [-0.4, -0.2) is 24.0 Å². The molecule has 1 aliphatic rings. The fourth-order valence-electron chi connectivity index (χ4n) is 2.55. The van der Waals surface area contributed by atoms with Gasteiger partial charge in [0.25, 0.3) is 0 Å². The SMILES string of the molecule is CC1CCC(CN)CN1Cc1ccc(F)c(Cl)c1. The predicted molar refractivity (Wildman–Crippen MR) is 73.1 cm³/mol. The van der Waals surface area contributed by atoms with Crippen molar-refractivity contribution in [3.8, 4) is 0 Å². The van der Waals surface area contributed by atoms with Gasteiger partial charge in [-0.1, -0.05) is 17.7 Å². The van der Waals surface area contributed by atoms with Gasteiger partial charge in [-0.05, 0) is 49.9 Å². The average molecular weight is 271 g/mol. The topological polar surface area (TPSA) is 29.3 Å². The minimum absolute atomic E-state index is 0.201. The molecule has 100 valence electrons. The molecule has 0 aromatic heterocycles. The number of halogens is 2. The lowest BCUT2D eigenvalue weighted by molar-refractivity contribution is 0.113. The maximum Gasteiger partial charge on any atom is 0.141 e. The van der Waals surface area contributed by atoms with E-state index in [0.717, 1.165) is 25.2 Å². The van der Waals surface area contributed by atoms with Crippen LogP contribution in [0.15, 0.2) is 18.2 Å². The third-order valence-corrected chi connectivity index (χ3v) is 4.10. The highest BCUT2D eigenvalue weighted by Gasteiger charge is 2.24. The lowest BCUT2D eigenvalue weighted by atomic mass is 9.93. The standard InChI is InChI=1S/C14H20ClFN2/c1-10-2-3-12(7-17)9-18(10)8-11-4-5-14(16)13(15)6-11/h4-6,10,12H,2-3,7-9,17H2,1H3. The Morgan fingerprint density at radius 2 is 2.22 bits per heavy atom. The number of hydrogen-bond acceptors (Lipinski definition) is 2. The first-order valence-electron chi connectivity index (χ1n) is 6.48. The summed E-state index contributed by atoms with van der Waals surface area (Å²) in [6, 6.07) is 5.51. The monoisotopic (exact) mass is 270 g/mol. The number of nitrogens with zero attached hydrogens (tertiary/aromatic N) is 1. The van der Waals surface area contributed by atoms with Crippen LogP contribution in [0.25, 0.3) is 0 Å². The summed E-state index contributed by atoms with van der Waals surface area (Å²) >= 11 is 5.81. The molecule has 1 fully saturated rings. The average Bonchev–Trinajstić information content (AvgIpc) is 2.36. The van der Waals surface area contributed by atoms with Gasteiger partial charge in [0.15, 0.2) is 0 Å². The highest BCUT2D eigenvalue weighted by molar-refractivity contribution is 6.30. The molecule has 4 heteroatoms. The van der Waals surface area contributed by atoms with Gasteiger partial charge in [0.2, 0.25) is 0 Å². The molecular weight excluding hydrogens is 251 g/mol. The Morgan fingerprint density at radius 1 is 1.44 bits per heavy atom. The van der Waals surface area contributed by atoms with Gasteiger partial charge in [0.1, 0.15) is 5.82 Å². The molecular formula is C14H20ClFN2. The number of piperidine rings is 1. The summed E-state index contributed by atoms with van der Waals surface area (Å²) in [5.41, 5.74) is 6.81. The first kappa shape index (κ1) is 13.8. The smallest absolute Gasteiger partial charge is 0.141 e. The summed E-state index contributed by atoms with van der Waals surface area (Å²) in [6.45, 7) is 4.82. The first-order valence-corrected chi connectivity index (χ1v) is 6.86. The van der Waals surface area contributed by atoms with Crippen molar-refractivity contribution in [3.05, 3.63) is 34.6 Å². The minimum atomic E-state index is -0.355. The Labute approximate surface area is 113 Å². The molecule has 0 amide bonds. The van der Waals surface area contributed by atoms with Crippen LogP contribution < -0.4 is 5.73 Å². The maximum absolute atomic E-state index is 13.1. The number of likely N-dealkylation sites (tertiary alicyclic amines) is 1. The first-order chi connectivity index (χ1) is 8.60. The van der Waals surface area contributed by atoms with Gasteiger partial charge < -0.3 is 5.73 Å². The van der Waals surface area contributed by atoms with Gasteiger partial charge in [0.05, 0.1) is 5.02 Å². The second kappa shape index (κ2) is 6.00. The molecule has 0 radical (unpaired) electrons. The highest BCUT2D eigenvalue weighted by Crippen LogP contribution is 2.24. The van der Waals surface area contributed by atoms with E-state index in [-0.39, 0.29) is 10.8 Å². The van der Waals surface area contributed by atoms with E-state index in [0.29, 0.717) is 12.0 Å². The molecule has 0 bridgehead atoms. The van der Waals surface area contributed by atoms with Gasteiger partial charge in [-0.25, -0.2) is 4.39 Å². The van der Waals surface area contributed by atoms with E-state index in [1.165, 1.54) is 18.9 Å². The van der Waals surface area contributed by atoms with Crippen molar-refractivity contribution in [2.24, 2.45) is 11.7 Å². The molecule has 0 saturated carbocycles. The fraction of sp³-hybridized carbons (Fsp3) is 0.571. The Kier molecular flexibility index (Phi) is 4.60. The summed E-state index contributed by atoms with van der Waals surface area (Å²) in [5.74, 6) is 0.226. The Balaban J connectivity index is 2.04. The van der Waals surface area contributed by atoms with E-state index in [1.54, 1.807) is 12.1 Å². The van der Waals surface area contributed by atoms with Gasteiger partial charge >= 0.3 is 0 Å².